The Bertz CT molecular complexity index is 557. The molecule has 17 heavy (non-hydrogen) atoms. The molecule has 1 heterocycles. The van der Waals surface area contributed by atoms with Crippen molar-refractivity contribution < 1.29 is 0 Å². The number of hydrogen-bond donors (Lipinski definition) is 0. The number of hydrogen-bond acceptors (Lipinski definition) is 3. The predicted molar refractivity (Wildman–Crippen MR) is 69.3 cm³/mol. The molecule has 0 N–H and O–H groups in total. The van der Waals surface area contributed by atoms with Crippen molar-refractivity contribution in [2.45, 2.75) is 30.4 Å². The van der Waals surface area contributed by atoms with Crippen LogP contribution in [0.4, 0.5) is 0 Å². The molecule has 1 aromatic rings. The average Bonchev–Trinajstić information content (AvgIpc) is 2.31. The van der Waals surface area contributed by atoms with E-state index in [-0.39, 0.29) is 5.57 Å². The summed E-state index contributed by atoms with van der Waals surface area (Å²) in [5.74, 6) is 0. The number of rotatable bonds is 0. The zero-order valence-electron chi connectivity index (χ0n) is 9.82. The minimum Gasteiger partial charge on any atom is -0.192 e. The summed E-state index contributed by atoms with van der Waals surface area (Å²) in [6, 6.07) is 10.2. The molecule has 0 saturated heterocycles. The molecule has 84 valence electrons. The van der Waals surface area contributed by atoms with Gasteiger partial charge in [0.25, 0.3) is 0 Å². The summed E-state index contributed by atoms with van der Waals surface area (Å²) in [4.78, 5) is 1.17. The predicted octanol–water partition coefficient (Wildman–Crippen LogP) is 3.68. The van der Waals surface area contributed by atoms with Gasteiger partial charge in [-0.25, -0.2) is 0 Å². The van der Waals surface area contributed by atoms with E-state index in [2.05, 4.69) is 25.1 Å². The van der Waals surface area contributed by atoms with Crippen LogP contribution in [0.3, 0.4) is 0 Å². The van der Waals surface area contributed by atoms with Gasteiger partial charge in [-0.3, -0.25) is 0 Å². The normalized spacial score (nSPS) is 17.9. The Hall–Kier alpha value is -1.71. The maximum Gasteiger partial charge on any atom is 0.133 e. The third-order valence-corrected chi connectivity index (χ3v) is 3.98. The Morgan fingerprint density at radius 3 is 2.71 bits per heavy atom. The van der Waals surface area contributed by atoms with Crippen LogP contribution in [0.15, 0.2) is 28.7 Å². The van der Waals surface area contributed by atoms with E-state index < -0.39 is 0 Å². The summed E-state index contributed by atoms with van der Waals surface area (Å²) in [5.41, 5.74) is 3.38. The molecule has 0 saturated carbocycles. The van der Waals surface area contributed by atoms with Crippen LogP contribution in [0.25, 0.3) is 5.57 Å². The number of thioether (sulfide) groups is 1. The fraction of sp³-hybridized carbons (Fsp3) is 0.286. The second kappa shape index (κ2) is 4.65. The van der Waals surface area contributed by atoms with Crippen molar-refractivity contribution in [3.8, 4) is 12.1 Å². The van der Waals surface area contributed by atoms with E-state index in [4.69, 9.17) is 10.5 Å². The van der Waals surface area contributed by atoms with Crippen molar-refractivity contribution in [3.63, 3.8) is 0 Å². The number of fused-ring (bicyclic) bond motifs is 1. The maximum absolute atomic E-state index is 9.02. The molecule has 0 aromatic heterocycles. The molecule has 0 aliphatic carbocycles. The Morgan fingerprint density at radius 2 is 2.06 bits per heavy atom. The van der Waals surface area contributed by atoms with Gasteiger partial charge in [0.2, 0.25) is 0 Å². The van der Waals surface area contributed by atoms with Gasteiger partial charge in [0, 0.05) is 10.1 Å². The van der Waals surface area contributed by atoms with Crippen LogP contribution in [-0.4, -0.2) is 5.25 Å². The van der Waals surface area contributed by atoms with Crippen LogP contribution in [0.1, 0.15) is 24.5 Å². The molecule has 1 aliphatic heterocycles. The van der Waals surface area contributed by atoms with Gasteiger partial charge in [-0.15, -0.1) is 11.8 Å². The third kappa shape index (κ3) is 2.20. The van der Waals surface area contributed by atoms with Crippen LogP contribution in [0.5, 0.6) is 0 Å². The Balaban J connectivity index is 2.67. The standard InChI is InChI=1S/C14H12N2S/c1-9-3-4-14-13(5-9)12(6-10(2)17-14)11(7-15)8-16/h3-5,10H,6H2,1-2H3. The topological polar surface area (TPSA) is 47.6 Å². The summed E-state index contributed by atoms with van der Waals surface area (Å²) in [6.45, 7) is 4.15. The lowest BCUT2D eigenvalue weighted by molar-refractivity contribution is 0.968. The van der Waals surface area contributed by atoms with Gasteiger partial charge in [0.05, 0.1) is 0 Å². The largest absolute Gasteiger partial charge is 0.192 e. The third-order valence-electron chi connectivity index (χ3n) is 2.81. The number of allylic oxidation sites excluding steroid dienone is 2. The van der Waals surface area contributed by atoms with E-state index in [0.29, 0.717) is 5.25 Å². The van der Waals surface area contributed by atoms with Crippen molar-refractivity contribution in [3.05, 3.63) is 34.9 Å². The van der Waals surface area contributed by atoms with Crippen LogP contribution in [0, 0.1) is 29.6 Å². The van der Waals surface area contributed by atoms with Gasteiger partial charge >= 0.3 is 0 Å². The molecule has 0 amide bonds. The van der Waals surface area contributed by atoms with Gasteiger partial charge in [-0.05, 0) is 30.5 Å². The molecule has 0 fully saturated rings. The van der Waals surface area contributed by atoms with Gasteiger partial charge in [-0.2, -0.15) is 10.5 Å². The van der Waals surface area contributed by atoms with Crippen molar-refractivity contribution in [1.29, 1.82) is 10.5 Å². The monoisotopic (exact) mass is 240 g/mol. The second-order valence-electron chi connectivity index (χ2n) is 4.21. The molecule has 3 heteroatoms. The number of benzene rings is 1. The molecule has 2 nitrogen and oxygen atoms in total. The Labute approximate surface area is 106 Å². The van der Waals surface area contributed by atoms with E-state index >= 15 is 0 Å². The highest BCUT2D eigenvalue weighted by molar-refractivity contribution is 8.00. The van der Waals surface area contributed by atoms with Gasteiger partial charge < -0.3 is 0 Å². The highest BCUT2D eigenvalue weighted by Gasteiger charge is 2.23. The van der Waals surface area contributed by atoms with E-state index in [9.17, 15) is 0 Å². The molecular formula is C14H12N2S. The molecule has 0 bridgehead atoms. The lowest BCUT2D eigenvalue weighted by Crippen LogP contribution is -2.08. The second-order valence-corrected chi connectivity index (χ2v) is 5.69. The van der Waals surface area contributed by atoms with Gasteiger partial charge in [-0.1, -0.05) is 24.6 Å². The van der Waals surface area contributed by atoms with Crippen molar-refractivity contribution >= 4 is 17.3 Å². The lowest BCUT2D eigenvalue weighted by Gasteiger charge is -2.24. The quantitative estimate of drug-likeness (QED) is 0.650. The van der Waals surface area contributed by atoms with Crippen LogP contribution >= 0.6 is 11.8 Å². The van der Waals surface area contributed by atoms with Crippen molar-refractivity contribution in [2.24, 2.45) is 0 Å². The first-order valence-electron chi connectivity index (χ1n) is 5.46. The number of nitrogens with zero attached hydrogens (tertiary/aromatic N) is 2. The zero-order valence-corrected chi connectivity index (χ0v) is 10.6. The molecule has 1 aliphatic rings. The lowest BCUT2D eigenvalue weighted by atomic mass is 9.95. The van der Waals surface area contributed by atoms with Crippen LogP contribution < -0.4 is 0 Å². The molecule has 1 unspecified atom stereocenters. The first-order chi connectivity index (χ1) is 8.15. The summed E-state index contributed by atoms with van der Waals surface area (Å²) >= 11 is 1.81. The summed E-state index contributed by atoms with van der Waals surface area (Å²) < 4.78 is 0. The first-order valence-corrected chi connectivity index (χ1v) is 6.34. The number of nitriles is 2. The van der Waals surface area contributed by atoms with Gasteiger partial charge in [0.1, 0.15) is 17.7 Å². The highest BCUT2D eigenvalue weighted by Crippen LogP contribution is 2.42. The fourth-order valence-electron chi connectivity index (χ4n) is 2.03. The minimum absolute atomic E-state index is 0.254. The highest BCUT2D eigenvalue weighted by atomic mass is 32.2. The molecule has 1 aromatic carbocycles. The maximum atomic E-state index is 9.02. The first kappa shape index (κ1) is 11.8. The molecular weight excluding hydrogens is 228 g/mol. The van der Waals surface area contributed by atoms with Gasteiger partial charge in [0.15, 0.2) is 0 Å². The molecule has 0 radical (unpaired) electrons. The van der Waals surface area contributed by atoms with Crippen molar-refractivity contribution in [1.82, 2.24) is 0 Å². The SMILES string of the molecule is Cc1ccc2c(c1)C(=C(C#N)C#N)CC(C)S2. The zero-order chi connectivity index (χ0) is 12.4. The molecule has 0 spiro atoms. The average molecular weight is 240 g/mol. The Morgan fingerprint density at radius 1 is 1.35 bits per heavy atom. The summed E-state index contributed by atoms with van der Waals surface area (Å²) in [7, 11) is 0. The van der Waals surface area contributed by atoms with E-state index in [1.807, 2.05) is 30.8 Å². The number of aryl methyl sites for hydroxylation is 1. The van der Waals surface area contributed by atoms with Crippen LogP contribution in [-0.2, 0) is 0 Å². The summed E-state index contributed by atoms with van der Waals surface area (Å²) in [6.07, 6.45) is 0.789. The smallest absolute Gasteiger partial charge is 0.133 e. The van der Waals surface area contributed by atoms with E-state index in [1.165, 1.54) is 4.90 Å². The molecule has 2 rings (SSSR count). The van der Waals surface area contributed by atoms with Crippen molar-refractivity contribution in [2.75, 3.05) is 0 Å². The summed E-state index contributed by atoms with van der Waals surface area (Å²) in [5, 5.41) is 18.5. The fourth-order valence-corrected chi connectivity index (χ4v) is 3.17. The Kier molecular flexibility index (Phi) is 3.22. The molecule has 1 atom stereocenters. The van der Waals surface area contributed by atoms with Crippen LogP contribution in [0.2, 0.25) is 0 Å². The minimum atomic E-state index is 0.254. The van der Waals surface area contributed by atoms with E-state index in [1.54, 1.807) is 0 Å². The van der Waals surface area contributed by atoms with E-state index in [0.717, 1.165) is 23.1 Å².